The molecule has 4 atom stereocenters. The first-order valence-corrected chi connectivity index (χ1v) is 18.2. The summed E-state index contributed by atoms with van der Waals surface area (Å²) < 4.78 is 20.3. The largest absolute Gasteiger partial charge is 0.479 e. The van der Waals surface area contributed by atoms with Gasteiger partial charge in [0.25, 0.3) is 0 Å². The Morgan fingerprint density at radius 3 is 2.31 bits per heavy atom. The third-order valence-corrected chi connectivity index (χ3v) is 12.1. The second-order valence-electron chi connectivity index (χ2n) is 14.7. The summed E-state index contributed by atoms with van der Waals surface area (Å²) in [6.07, 6.45) is 5.67. The third kappa shape index (κ3) is 4.71. The van der Waals surface area contributed by atoms with Gasteiger partial charge in [-0.3, -0.25) is 9.88 Å². The summed E-state index contributed by atoms with van der Waals surface area (Å²) in [6, 6.07) is 32.1. The van der Waals surface area contributed by atoms with E-state index in [4.69, 9.17) is 30.8 Å². The van der Waals surface area contributed by atoms with Crippen molar-refractivity contribution < 1.29 is 23.8 Å². The van der Waals surface area contributed by atoms with Crippen LogP contribution in [0.5, 0.6) is 11.5 Å². The molecule has 254 valence electrons. The van der Waals surface area contributed by atoms with Crippen LogP contribution in [0.3, 0.4) is 0 Å². The molecule has 5 aliphatic rings. The van der Waals surface area contributed by atoms with E-state index in [1.165, 1.54) is 12.8 Å². The Balaban J connectivity index is 1.18. The van der Waals surface area contributed by atoms with Gasteiger partial charge in [0.05, 0.1) is 28.3 Å². The second-order valence-corrected chi connectivity index (χ2v) is 15.1. The number of carbonyl (C=O) groups is 2. The predicted molar refractivity (Wildman–Crippen MR) is 192 cm³/mol. The Hall–Kier alpha value is -4.98. The van der Waals surface area contributed by atoms with Crippen molar-refractivity contribution in [2.75, 3.05) is 13.1 Å². The highest BCUT2D eigenvalue weighted by Gasteiger charge is 2.75. The molecule has 10 rings (SSSR count). The lowest BCUT2D eigenvalue weighted by Gasteiger charge is -2.64. The Labute approximate surface area is 301 Å². The van der Waals surface area contributed by atoms with E-state index >= 15 is 0 Å². The van der Waals surface area contributed by atoms with E-state index in [2.05, 4.69) is 17.0 Å². The van der Waals surface area contributed by atoms with Crippen molar-refractivity contribution in [1.29, 1.82) is 0 Å². The second kappa shape index (κ2) is 11.5. The highest BCUT2D eigenvalue weighted by atomic mass is 35.5. The van der Waals surface area contributed by atoms with Crippen LogP contribution >= 0.6 is 11.6 Å². The van der Waals surface area contributed by atoms with E-state index in [0.717, 1.165) is 46.6 Å². The van der Waals surface area contributed by atoms with E-state index in [9.17, 15) is 9.59 Å². The van der Waals surface area contributed by atoms with Crippen LogP contribution in [0.4, 0.5) is 0 Å². The molecule has 2 bridgehead atoms. The Kier molecular flexibility index (Phi) is 6.96. The minimum atomic E-state index is -0.981. The lowest BCUT2D eigenvalue weighted by atomic mass is 9.48. The van der Waals surface area contributed by atoms with Crippen LogP contribution in [-0.2, 0) is 23.0 Å². The normalized spacial score (nSPS) is 25.3. The van der Waals surface area contributed by atoms with Crippen molar-refractivity contribution in [3.63, 3.8) is 0 Å². The fraction of sp³-hybridized carbons (Fsp3) is 0.279. The minimum absolute atomic E-state index is 0.0888. The average molecular weight is 695 g/mol. The summed E-state index contributed by atoms with van der Waals surface area (Å²) in [5, 5.41) is 0.667. The number of nitrogens with zero attached hydrogens (tertiary/aromatic N) is 2. The number of rotatable bonds is 7. The molecule has 0 N–H and O–H groups in total. The van der Waals surface area contributed by atoms with Gasteiger partial charge in [-0.1, -0.05) is 66.2 Å². The summed E-state index contributed by atoms with van der Waals surface area (Å²) in [6.45, 7) is 1.82. The molecule has 3 aliphatic carbocycles. The molecule has 8 heteroatoms. The minimum Gasteiger partial charge on any atom is -0.479 e. The van der Waals surface area contributed by atoms with Crippen molar-refractivity contribution in [3.05, 3.63) is 148 Å². The van der Waals surface area contributed by atoms with Crippen LogP contribution in [0.1, 0.15) is 68.5 Å². The highest BCUT2D eigenvalue weighted by molar-refractivity contribution is 6.30. The van der Waals surface area contributed by atoms with Gasteiger partial charge in [-0.15, -0.1) is 0 Å². The molecule has 2 fully saturated rings. The predicted octanol–water partition coefficient (Wildman–Crippen LogP) is 8.19. The summed E-state index contributed by atoms with van der Waals surface area (Å²) in [5.41, 5.74) is 5.15. The summed E-state index contributed by atoms with van der Waals surface area (Å²) in [5.74, 6) is 0.770. The smallest absolute Gasteiger partial charge is 0.343 e. The number of aromatic nitrogens is 1. The Bertz CT molecular complexity index is 2210. The first-order valence-electron chi connectivity index (χ1n) is 17.8. The highest BCUT2D eigenvalue weighted by Crippen LogP contribution is 2.70. The lowest BCUT2D eigenvalue weighted by Crippen LogP contribution is -2.76. The summed E-state index contributed by atoms with van der Waals surface area (Å²) in [7, 11) is 0. The van der Waals surface area contributed by atoms with Gasteiger partial charge < -0.3 is 14.2 Å². The molecule has 3 heterocycles. The lowest BCUT2D eigenvalue weighted by molar-refractivity contribution is -0.176. The van der Waals surface area contributed by atoms with Crippen molar-refractivity contribution in [2.45, 2.75) is 55.3 Å². The van der Waals surface area contributed by atoms with Crippen LogP contribution in [0, 0.1) is 5.92 Å². The van der Waals surface area contributed by atoms with E-state index in [0.29, 0.717) is 52.8 Å². The molecule has 2 aliphatic heterocycles. The van der Waals surface area contributed by atoms with Crippen LogP contribution < -0.4 is 9.47 Å². The molecule has 0 amide bonds. The van der Waals surface area contributed by atoms with Crippen LogP contribution in [0.2, 0.25) is 5.02 Å². The molecule has 51 heavy (non-hydrogen) atoms. The summed E-state index contributed by atoms with van der Waals surface area (Å²) >= 11 is 6.25. The number of pyridine rings is 1. The van der Waals surface area contributed by atoms with Gasteiger partial charge in [0.1, 0.15) is 5.60 Å². The molecule has 1 spiro atoms. The third-order valence-electron chi connectivity index (χ3n) is 11.8. The maximum atomic E-state index is 14.4. The molecule has 0 radical (unpaired) electrons. The van der Waals surface area contributed by atoms with Gasteiger partial charge in [-0.05, 0) is 103 Å². The van der Waals surface area contributed by atoms with E-state index in [-0.39, 0.29) is 12.0 Å². The maximum Gasteiger partial charge on any atom is 0.343 e. The zero-order valence-electron chi connectivity index (χ0n) is 27.9. The quantitative estimate of drug-likeness (QED) is 0.126. The number of halogens is 1. The van der Waals surface area contributed by atoms with Crippen molar-refractivity contribution in [3.8, 4) is 22.6 Å². The number of fused-ring (bicyclic) bond motifs is 2. The average Bonchev–Trinajstić information content (AvgIpc) is 3.91. The van der Waals surface area contributed by atoms with Crippen LogP contribution in [-0.4, -0.2) is 46.6 Å². The molecular formula is C43H35ClN2O5. The molecule has 1 saturated carbocycles. The molecule has 4 aromatic carbocycles. The van der Waals surface area contributed by atoms with Gasteiger partial charge in [-0.2, -0.15) is 0 Å². The van der Waals surface area contributed by atoms with E-state index < -0.39 is 23.1 Å². The first-order chi connectivity index (χ1) is 24.9. The Morgan fingerprint density at radius 1 is 0.863 bits per heavy atom. The first kappa shape index (κ1) is 30.8. The van der Waals surface area contributed by atoms with Gasteiger partial charge in [0.15, 0.2) is 17.6 Å². The number of piperidine rings is 1. The van der Waals surface area contributed by atoms with Crippen molar-refractivity contribution in [2.24, 2.45) is 5.92 Å². The van der Waals surface area contributed by atoms with Crippen molar-refractivity contribution in [1.82, 2.24) is 9.88 Å². The van der Waals surface area contributed by atoms with Crippen LogP contribution in [0.25, 0.3) is 11.1 Å². The molecule has 1 saturated heterocycles. The maximum absolute atomic E-state index is 14.4. The van der Waals surface area contributed by atoms with Crippen LogP contribution in [0.15, 0.2) is 109 Å². The standard InChI is InChI=1S/C43H35ClN2O5/c44-33-16-13-27(14-17-33)32-21-31-23-43(51-41(48)29-9-5-2-6-10-29)35-22-30-15-18-34(49-40(47)28-7-3-1-4-8-28)38-36(30)42(43,39(50-38)37(31)45-24-32)19-20-46(35)25-26-11-12-26/h1-10,13-18,21,24,26,35,39H,11-12,19-20,22-23,25H2/t35-,39+,42+,43-/m1/s1. The topological polar surface area (TPSA) is 78.0 Å². The van der Waals surface area contributed by atoms with Gasteiger partial charge in [-0.25, -0.2) is 9.59 Å². The van der Waals surface area contributed by atoms with Gasteiger partial charge >= 0.3 is 11.9 Å². The number of benzene rings is 4. The monoisotopic (exact) mass is 694 g/mol. The molecule has 5 aromatic rings. The fourth-order valence-corrected chi connectivity index (χ4v) is 9.53. The fourth-order valence-electron chi connectivity index (χ4n) is 9.41. The number of ether oxygens (including phenoxy) is 3. The molecule has 0 unspecified atom stereocenters. The van der Waals surface area contributed by atoms with Gasteiger partial charge in [0.2, 0.25) is 0 Å². The van der Waals surface area contributed by atoms with Gasteiger partial charge in [0, 0.05) is 35.3 Å². The zero-order chi connectivity index (χ0) is 34.3. The number of carbonyl (C=O) groups excluding carboxylic acids is 2. The summed E-state index contributed by atoms with van der Waals surface area (Å²) in [4.78, 5) is 35.6. The van der Waals surface area contributed by atoms with E-state index in [1.54, 1.807) is 12.1 Å². The van der Waals surface area contributed by atoms with E-state index in [1.807, 2.05) is 85.1 Å². The van der Waals surface area contributed by atoms with Crippen molar-refractivity contribution >= 4 is 23.5 Å². The Morgan fingerprint density at radius 2 is 1.59 bits per heavy atom. The molecule has 1 aromatic heterocycles. The number of likely N-dealkylation sites (tertiary alicyclic amines) is 1. The SMILES string of the molecule is O=C(Oc1ccc2c3c1O[C@H]1c4ncc(-c5ccc(Cl)cc5)cc4C[C@@]4(OC(=O)c5ccccc5)[C@@H](C2)N(CC2CC2)CC[C@]314)c1ccccc1. The molecule has 7 nitrogen and oxygen atoms in total. The number of hydrogen-bond acceptors (Lipinski definition) is 7. The zero-order valence-corrected chi connectivity index (χ0v) is 28.6. The number of hydrogen-bond donors (Lipinski definition) is 0. The molecular weight excluding hydrogens is 660 g/mol. The number of esters is 2.